The second kappa shape index (κ2) is 8.11. The number of rotatable bonds is 6. The lowest BCUT2D eigenvalue weighted by Gasteiger charge is -2.32. The SMILES string of the molecule is CCCCC(C)=CC(=O)Nc1ccc(C(O)(C(F)(F)F)C(F)(F)F)cc1. The van der Waals surface area contributed by atoms with Crippen molar-refractivity contribution in [2.24, 2.45) is 0 Å². The monoisotopic (exact) mass is 383 g/mol. The minimum atomic E-state index is -5.95. The molecule has 1 rings (SSSR count). The molecule has 26 heavy (non-hydrogen) atoms. The van der Waals surface area contributed by atoms with Gasteiger partial charge in [-0.2, -0.15) is 26.3 Å². The predicted octanol–water partition coefficient (Wildman–Crippen LogP) is 5.07. The van der Waals surface area contributed by atoms with E-state index in [1.54, 1.807) is 6.92 Å². The highest BCUT2D eigenvalue weighted by molar-refractivity contribution is 5.99. The molecule has 0 aliphatic carbocycles. The molecule has 0 saturated heterocycles. The zero-order valence-electron chi connectivity index (χ0n) is 14.1. The van der Waals surface area contributed by atoms with Crippen molar-refractivity contribution in [2.45, 2.75) is 51.1 Å². The van der Waals surface area contributed by atoms with Crippen LogP contribution in [-0.2, 0) is 10.4 Å². The zero-order valence-corrected chi connectivity index (χ0v) is 14.1. The molecule has 0 aromatic heterocycles. The van der Waals surface area contributed by atoms with Gasteiger partial charge in [0.2, 0.25) is 5.91 Å². The van der Waals surface area contributed by atoms with Crippen LogP contribution >= 0.6 is 0 Å². The van der Waals surface area contributed by atoms with Gasteiger partial charge >= 0.3 is 12.4 Å². The lowest BCUT2D eigenvalue weighted by molar-refractivity contribution is -0.376. The molecule has 2 N–H and O–H groups in total. The average Bonchev–Trinajstić information content (AvgIpc) is 2.50. The molecule has 0 heterocycles. The number of halogens is 6. The van der Waals surface area contributed by atoms with Crippen LogP contribution in [-0.4, -0.2) is 23.4 Å². The van der Waals surface area contributed by atoms with Crippen molar-refractivity contribution in [1.29, 1.82) is 0 Å². The molecule has 0 atom stereocenters. The van der Waals surface area contributed by atoms with E-state index in [9.17, 15) is 36.2 Å². The minimum absolute atomic E-state index is 0.00462. The molecule has 0 radical (unpaired) electrons. The fraction of sp³-hybridized carbons (Fsp3) is 0.471. The summed E-state index contributed by atoms with van der Waals surface area (Å²) in [6.07, 6.45) is -8.06. The lowest BCUT2D eigenvalue weighted by atomic mass is 9.92. The van der Waals surface area contributed by atoms with E-state index in [0.717, 1.165) is 30.5 Å². The Morgan fingerprint density at radius 1 is 1.08 bits per heavy atom. The zero-order chi connectivity index (χ0) is 20.2. The Bertz CT molecular complexity index is 633. The van der Waals surface area contributed by atoms with Crippen molar-refractivity contribution in [3.63, 3.8) is 0 Å². The van der Waals surface area contributed by atoms with Gasteiger partial charge in [0.15, 0.2) is 0 Å². The van der Waals surface area contributed by atoms with Gasteiger partial charge in [-0.3, -0.25) is 4.79 Å². The van der Waals surface area contributed by atoms with Gasteiger partial charge < -0.3 is 10.4 Å². The maximum Gasteiger partial charge on any atom is 0.430 e. The maximum absolute atomic E-state index is 12.8. The van der Waals surface area contributed by atoms with Crippen molar-refractivity contribution in [1.82, 2.24) is 0 Å². The number of anilines is 1. The first-order valence-electron chi connectivity index (χ1n) is 7.77. The van der Waals surface area contributed by atoms with E-state index < -0.39 is 29.4 Å². The fourth-order valence-electron chi connectivity index (χ4n) is 2.21. The Morgan fingerprint density at radius 2 is 1.58 bits per heavy atom. The first-order valence-corrected chi connectivity index (χ1v) is 7.77. The number of hydrogen-bond acceptors (Lipinski definition) is 2. The summed E-state index contributed by atoms with van der Waals surface area (Å²) in [4.78, 5) is 11.8. The van der Waals surface area contributed by atoms with Crippen molar-refractivity contribution in [3.05, 3.63) is 41.5 Å². The van der Waals surface area contributed by atoms with Crippen LogP contribution in [0.15, 0.2) is 35.9 Å². The summed E-state index contributed by atoms with van der Waals surface area (Å²) in [5.41, 5.74) is -5.57. The number of alkyl halides is 6. The molecule has 1 aromatic rings. The van der Waals surface area contributed by atoms with Crippen molar-refractivity contribution in [2.75, 3.05) is 5.32 Å². The molecule has 0 bridgehead atoms. The Balaban J connectivity index is 3.00. The Kier molecular flexibility index (Phi) is 6.87. The van der Waals surface area contributed by atoms with Crippen LogP contribution in [0.4, 0.5) is 32.0 Å². The van der Waals surface area contributed by atoms with Crippen molar-refractivity contribution in [3.8, 4) is 0 Å². The predicted molar refractivity (Wildman–Crippen MR) is 84.4 cm³/mol. The van der Waals surface area contributed by atoms with Crippen LogP contribution in [0.5, 0.6) is 0 Å². The third kappa shape index (κ3) is 5.00. The molecule has 1 amide bonds. The van der Waals surface area contributed by atoms with Crippen molar-refractivity contribution < 1.29 is 36.2 Å². The third-order valence-electron chi connectivity index (χ3n) is 3.69. The lowest BCUT2D eigenvalue weighted by Crippen LogP contribution is -2.53. The molecule has 0 saturated carbocycles. The molecule has 3 nitrogen and oxygen atoms in total. The van der Waals surface area contributed by atoms with Gasteiger partial charge in [0.1, 0.15) is 0 Å². The molecule has 0 unspecified atom stereocenters. The molecular formula is C17H19F6NO2. The summed E-state index contributed by atoms with van der Waals surface area (Å²) in [6, 6.07) is 2.68. The summed E-state index contributed by atoms with van der Waals surface area (Å²) in [5.74, 6) is -0.548. The number of nitrogens with one attached hydrogen (secondary N) is 1. The van der Waals surface area contributed by atoms with E-state index in [1.807, 2.05) is 6.92 Å². The summed E-state index contributed by atoms with van der Waals surface area (Å²) in [6.45, 7) is 3.73. The topological polar surface area (TPSA) is 49.3 Å². The third-order valence-corrected chi connectivity index (χ3v) is 3.69. The summed E-state index contributed by atoms with van der Waals surface area (Å²) in [7, 11) is 0. The van der Waals surface area contributed by atoms with Crippen LogP contribution < -0.4 is 5.32 Å². The number of amides is 1. The van der Waals surface area contributed by atoms with E-state index in [0.29, 0.717) is 18.6 Å². The highest BCUT2D eigenvalue weighted by Crippen LogP contribution is 2.50. The Hall–Kier alpha value is -2.03. The first kappa shape index (κ1) is 22.0. The first-order chi connectivity index (χ1) is 11.8. The highest BCUT2D eigenvalue weighted by atomic mass is 19.4. The fourth-order valence-corrected chi connectivity index (χ4v) is 2.21. The Labute approximate surface area is 146 Å². The van der Waals surface area contributed by atoms with Crippen LogP contribution in [0, 0.1) is 0 Å². The largest absolute Gasteiger partial charge is 0.430 e. The van der Waals surface area contributed by atoms with E-state index >= 15 is 0 Å². The molecule has 0 aliphatic rings. The second-order valence-electron chi connectivity index (χ2n) is 5.87. The van der Waals surface area contributed by atoms with Crippen LogP contribution in [0.2, 0.25) is 0 Å². The average molecular weight is 383 g/mol. The molecule has 9 heteroatoms. The van der Waals surface area contributed by atoms with Gasteiger partial charge in [-0.15, -0.1) is 0 Å². The maximum atomic E-state index is 12.8. The van der Waals surface area contributed by atoms with E-state index in [4.69, 9.17) is 0 Å². The second-order valence-corrected chi connectivity index (χ2v) is 5.87. The van der Waals surface area contributed by atoms with Crippen molar-refractivity contribution >= 4 is 11.6 Å². The molecule has 0 fully saturated rings. The number of unbranched alkanes of at least 4 members (excludes halogenated alkanes) is 1. The normalized spacial score (nSPS) is 13.7. The molecule has 0 aliphatic heterocycles. The number of benzene rings is 1. The van der Waals surface area contributed by atoms with Crippen LogP contribution in [0.1, 0.15) is 38.7 Å². The summed E-state index contributed by atoms with van der Waals surface area (Å²) >= 11 is 0. The van der Waals surface area contributed by atoms with Gasteiger partial charge in [-0.25, -0.2) is 0 Å². The number of carbonyl (C=O) groups is 1. The summed E-state index contributed by atoms with van der Waals surface area (Å²) < 4.78 is 76.8. The summed E-state index contributed by atoms with van der Waals surface area (Å²) in [5, 5.41) is 11.6. The number of hydrogen-bond donors (Lipinski definition) is 2. The van der Waals surface area contributed by atoms with Gasteiger partial charge in [-0.1, -0.05) is 31.1 Å². The van der Waals surface area contributed by atoms with Crippen LogP contribution in [0.25, 0.3) is 0 Å². The quantitative estimate of drug-likeness (QED) is 0.532. The van der Waals surface area contributed by atoms with E-state index in [2.05, 4.69) is 5.32 Å². The van der Waals surface area contributed by atoms with Gasteiger partial charge in [0.25, 0.3) is 5.60 Å². The van der Waals surface area contributed by atoms with Gasteiger partial charge in [-0.05, 0) is 31.9 Å². The van der Waals surface area contributed by atoms with Gasteiger partial charge in [0, 0.05) is 17.3 Å². The standard InChI is InChI=1S/C17H19F6NO2/c1-3-4-5-11(2)10-14(25)24-13-8-6-12(7-9-13)15(26,16(18,19)20)17(21,22)23/h6-10,26H,3-5H2,1-2H3,(H,24,25). The molecule has 1 aromatic carbocycles. The van der Waals surface area contributed by atoms with E-state index in [-0.39, 0.29) is 5.69 Å². The molecule has 146 valence electrons. The molecule has 0 spiro atoms. The van der Waals surface area contributed by atoms with E-state index in [1.165, 1.54) is 6.08 Å². The number of allylic oxidation sites excluding steroid dienone is 1. The Morgan fingerprint density at radius 3 is 2.00 bits per heavy atom. The highest BCUT2D eigenvalue weighted by Gasteiger charge is 2.71. The number of aliphatic hydroxyl groups is 1. The van der Waals surface area contributed by atoms with Crippen LogP contribution in [0.3, 0.4) is 0 Å². The minimum Gasteiger partial charge on any atom is -0.369 e. The smallest absolute Gasteiger partial charge is 0.369 e. The van der Waals surface area contributed by atoms with Gasteiger partial charge in [0.05, 0.1) is 0 Å². The number of carbonyl (C=O) groups excluding carboxylic acids is 1. The molecular weight excluding hydrogens is 364 g/mol.